The van der Waals surface area contributed by atoms with Crippen molar-refractivity contribution < 1.29 is 23.8 Å². The fraction of sp³-hybridized carbons (Fsp3) is 0.286. The van der Waals surface area contributed by atoms with Crippen molar-refractivity contribution in [1.29, 1.82) is 0 Å². The van der Waals surface area contributed by atoms with Crippen LogP contribution in [-0.2, 0) is 11.3 Å². The number of ether oxygens (including phenoxy) is 3. The number of carbonyl (C=O) groups excluding carboxylic acids is 2. The van der Waals surface area contributed by atoms with Crippen LogP contribution in [0.2, 0.25) is 0 Å². The van der Waals surface area contributed by atoms with Crippen LogP contribution in [0.25, 0.3) is 0 Å². The van der Waals surface area contributed by atoms with Gasteiger partial charge in [0.25, 0.3) is 11.8 Å². The van der Waals surface area contributed by atoms with E-state index in [9.17, 15) is 9.59 Å². The van der Waals surface area contributed by atoms with Crippen molar-refractivity contribution in [1.82, 2.24) is 10.2 Å². The van der Waals surface area contributed by atoms with Crippen molar-refractivity contribution in [2.45, 2.75) is 25.4 Å². The normalized spacial score (nSPS) is 14.9. The molecule has 0 aliphatic carbocycles. The maximum atomic E-state index is 13.2. The number of hydrogen-bond donors (Lipinski definition) is 1. The molecule has 4 rings (SSSR count). The molecule has 0 unspecified atom stereocenters. The van der Waals surface area contributed by atoms with Gasteiger partial charge in [-0.3, -0.25) is 9.59 Å². The zero-order valence-electron chi connectivity index (χ0n) is 20.0. The SMILES string of the molecule is COc1ccc(OC)c([C@@H]2CCCN2C(=O)COc2ccccc2C(=O)NCc2ccccc2)c1. The molecule has 1 atom stereocenters. The average Bonchev–Trinajstić information content (AvgIpc) is 3.40. The fourth-order valence-electron chi connectivity index (χ4n) is 4.36. The highest BCUT2D eigenvalue weighted by Crippen LogP contribution is 2.39. The van der Waals surface area contributed by atoms with Crippen LogP contribution < -0.4 is 19.5 Å². The molecule has 182 valence electrons. The minimum atomic E-state index is -0.253. The molecule has 0 aromatic heterocycles. The first-order valence-electron chi connectivity index (χ1n) is 11.7. The van der Waals surface area contributed by atoms with Crippen LogP contribution in [0.4, 0.5) is 0 Å². The molecular weight excluding hydrogens is 444 g/mol. The lowest BCUT2D eigenvalue weighted by Gasteiger charge is -2.27. The third-order valence-electron chi connectivity index (χ3n) is 6.15. The van der Waals surface area contributed by atoms with Gasteiger partial charge in [0.15, 0.2) is 6.61 Å². The van der Waals surface area contributed by atoms with Crippen molar-refractivity contribution >= 4 is 11.8 Å². The summed E-state index contributed by atoms with van der Waals surface area (Å²) in [5.74, 6) is 1.42. The summed E-state index contributed by atoms with van der Waals surface area (Å²) in [6.45, 7) is 0.878. The quantitative estimate of drug-likeness (QED) is 0.498. The molecule has 7 nitrogen and oxygen atoms in total. The van der Waals surface area contributed by atoms with E-state index >= 15 is 0 Å². The number of nitrogens with zero attached hydrogens (tertiary/aromatic N) is 1. The van der Waals surface area contributed by atoms with Crippen LogP contribution in [0.15, 0.2) is 72.8 Å². The second kappa shape index (κ2) is 11.4. The predicted molar refractivity (Wildman–Crippen MR) is 133 cm³/mol. The van der Waals surface area contributed by atoms with E-state index in [1.165, 1.54) is 0 Å². The standard InChI is InChI=1S/C28H30N2O5/c1-33-21-14-15-25(34-2)23(17-21)24-12-8-16-30(24)27(31)19-35-26-13-7-6-11-22(26)28(32)29-18-20-9-4-3-5-10-20/h3-7,9-11,13-15,17,24H,8,12,16,18-19H2,1-2H3,(H,29,32)/t24-/m0/s1. The number of nitrogens with one attached hydrogen (secondary N) is 1. The highest BCUT2D eigenvalue weighted by Gasteiger charge is 2.32. The Morgan fingerprint density at radius 1 is 0.943 bits per heavy atom. The van der Waals surface area contributed by atoms with Crippen LogP contribution in [0.3, 0.4) is 0 Å². The summed E-state index contributed by atoms with van der Waals surface area (Å²) in [5.41, 5.74) is 2.31. The molecule has 1 heterocycles. The molecule has 7 heteroatoms. The highest BCUT2D eigenvalue weighted by atomic mass is 16.5. The van der Waals surface area contributed by atoms with Crippen LogP contribution in [0.5, 0.6) is 17.2 Å². The third-order valence-corrected chi connectivity index (χ3v) is 6.15. The van der Waals surface area contributed by atoms with Crippen molar-refractivity contribution in [3.63, 3.8) is 0 Å². The number of carbonyl (C=O) groups is 2. The molecule has 0 radical (unpaired) electrons. The minimum Gasteiger partial charge on any atom is -0.497 e. The van der Waals surface area contributed by atoms with Gasteiger partial charge >= 0.3 is 0 Å². The van der Waals surface area contributed by atoms with Gasteiger partial charge in [-0.1, -0.05) is 42.5 Å². The molecule has 0 spiro atoms. The molecule has 3 aromatic carbocycles. The number of benzene rings is 3. The Bertz CT molecular complexity index is 1170. The predicted octanol–water partition coefficient (Wildman–Crippen LogP) is 4.38. The van der Waals surface area contributed by atoms with E-state index in [-0.39, 0.29) is 24.5 Å². The Morgan fingerprint density at radius 3 is 2.49 bits per heavy atom. The van der Waals surface area contributed by atoms with E-state index in [1.807, 2.05) is 53.4 Å². The van der Waals surface area contributed by atoms with E-state index in [2.05, 4.69) is 5.32 Å². The van der Waals surface area contributed by atoms with Crippen molar-refractivity contribution in [2.75, 3.05) is 27.4 Å². The Kier molecular flexibility index (Phi) is 7.88. The number of likely N-dealkylation sites (tertiary alicyclic amines) is 1. The van der Waals surface area contributed by atoms with Crippen LogP contribution in [0, 0.1) is 0 Å². The van der Waals surface area contributed by atoms with Crippen LogP contribution in [0.1, 0.15) is 40.4 Å². The van der Waals surface area contributed by atoms with Crippen LogP contribution >= 0.6 is 0 Å². The van der Waals surface area contributed by atoms with E-state index < -0.39 is 0 Å². The number of methoxy groups -OCH3 is 2. The lowest BCUT2D eigenvalue weighted by atomic mass is 10.0. The molecule has 0 saturated carbocycles. The van der Waals surface area contributed by atoms with Gasteiger partial charge in [-0.15, -0.1) is 0 Å². The summed E-state index contributed by atoms with van der Waals surface area (Å²) in [4.78, 5) is 27.8. The third kappa shape index (κ3) is 5.74. The van der Waals surface area contributed by atoms with E-state index in [0.29, 0.717) is 30.2 Å². The zero-order valence-corrected chi connectivity index (χ0v) is 20.0. The number of hydrogen-bond acceptors (Lipinski definition) is 5. The lowest BCUT2D eigenvalue weighted by molar-refractivity contribution is -0.134. The number of amides is 2. The summed E-state index contributed by atoms with van der Waals surface area (Å²) in [6, 6.07) is 22.1. The van der Waals surface area contributed by atoms with E-state index in [0.717, 1.165) is 29.7 Å². The van der Waals surface area contributed by atoms with Crippen LogP contribution in [-0.4, -0.2) is 44.1 Å². The Hall–Kier alpha value is -4.00. The minimum absolute atomic E-state index is 0.124. The topological polar surface area (TPSA) is 77.1 Å². The maximum Gasteiger partial charge on any atom is 0.261 e. The summed E-state index contributed by atoms with van der Waals surface area (Å²) in [7, 11) is 3.24. The molecule has 2 amide bonds. The first kappa shape index (κ1) is 24.1. The first-order chi connectivity index (χ1) is 17.1. The average molecular weight is 475 g/mol. The van der Waals surface area contributed by atoms with Gasteiger partial charge < -0.3 is 24.4 Å². The molecule has 0 bridgehead atoms. The van der Waals surface area contributed by atoms with Crippen molar-refractivity contribution in [3.8, 4) is 17.2 Å². The second-order valence-corrected chi connectivity index (χ2v) is 8.31. The lowest BCUT2D eigenvalue weighted by Crippen LogP contribution is -2.35. The summed E-state index contributed by atoms with van der Waals surface area (Å²) in [6.07, 6.45) is 1.71. The summed E-state index contributed by atoms with van der Waals surface area (Å²) >= 11 is 0. The molecular formula is C28H30N2O5. The van der Waals surface area contributed by atoms with Gasteiger partial charge in [0, 0.05) is 18.7 Å². The van der Waals surface area contributed by atoms with E-state index in [1.54, 1.807) is 38.5 Å². The summed E-state index contributed by atoms with van der Waals surface area (Å²) in [5, 5.41) is 2.91. The number of para-hydroxylation sites is 1. The number of rotatable bonds is 9. The van der Waals surface area contributed by atoms with Crippen molar-refractivity contribution in [3.05, 3.63) is 89.5 Å². The molecule has 1 aliphatic rings. The maximum absolute atomic E-state index is 13.2. The molecule has 1 saturated heterocycles. The largest absolute Gasteiger partial charge is 0.497 e. The molecule has 1 aliphatic heterocycles. The smallest absolute Gasteiger partial charge is 0.261 e. The van der Waals surface area contributed by atoms with Gasteiger partial charge in [-0.25, -0.2) is 0 Å². The molecule has 35 heavy (non-hydrogen) atoms. The van der Waals surface area contributed by atoms with Crippen molar-refractivity contribution in [2.24, 2.45) is 0 Å². The van der Waals surface area contributed by atoms with Gasteiger partial charge in [0.05, 0.1) is 25.8 Å². The Labute approximate surface area is 205 Å². The zero-order chi connectivity index (χ0) is 24.6. The molecule has 1 fully saturated rings. The molecule has 3 aromatic rings. The highest BCUT2D eigenvalue weighted by molar-refractivity contribution is 5.97. The van der Waals surface area contributed by atoms with Gasteiger partial charge in [-0.05, 0) is 48.7 Å². The monoisotopic (exact) mass is 474 g/mol. The molecule has 1 N–H and O–H groups in total. The van der Waals surface area contributed by atoms with E-state index in [4.69, 9.17) is 14.2 Å². The van der Waals surface area contributed by atoms with Gasteiger partial charge in [0.2, 0.25) is 0 Å². The van der Waals surface area contributed by atoms with Gasteiger partial charge in [-0.2, -0.15) is 0 Å². The summed E-state index contributed by atoms with van der Waals surface area (Å²) < 4.78 is 16.8. The van der Waals surface area contributed by atoms with Gasteiger partial charge in [0.1, 0.15) is 17.2 Å². The first-order valence-corrected chi connectivity index (χ1v) is 11.7. The second-order valence-electron chi connectivity index (χ2n) is 8.31. The Morgan fingerprint density at radius 2 is 1.71 bits per heavy atom. The fourth-order valence-corrected chi connectivity index (χ4v) is 4.36. The Balaban J connectivity index is 1.43.